The number of nitrogens with one attached hydrogen (secondary N) is 2. The van der Waals surface area contributed by atoms with E-state index < -0.39 is 29.5 Å². The predicted octanol–water partition coefficient (Wildman–Crippen LogP) is 0.857. The summed E-state index contributed by atoms with van der Waals surface area (Å²) in [6.07, 6.45) is 3.29. The van der Waals surface area contributed by atoms with Crippen LogP contribution in [0.5, 0.6) is 0 Å². The third kappa shape index (κ3) is 3.85. The van der Waals surface area contributed by atoms with Crippen LogP contribution in [0, 0.1) is 5.92 Å². The molecule has 1 aliphatic carbocycles. The number of nitrogens with zero attached hydrogens (tertiary/aromatic N) is 1. The van der Waals surface area contributed by atoms with Crippen LogP contribution < -0.4 is 10.6 Å². The standard InChI is InChI=1S/C16H25N3O5/c1-10(2)9-11(13(21)22)17-12(20)5-8-19-14(23)16(18-15(19)24)6-3-4-7-16/h10-11H,3-9H2,1-2H3,(H,17,20)(H,18,24)(H,21,22). The highest BCUT2D eigenvalue weighted by atomic mass is 16.4. The zero-order chi connectivity index (χ0) is 17.9. The van der Waals surface area contributed by atoms with Gasteiger partial charge >= 0.3 is 12.0 Å². The van der Waals surface area contributed by atoms with Crippen LogP contribution in [0.1, 0.15) is 52.4 Å². The number of hydrogen-bond acceptors (Lipinski definition) is 4. The number of carboxylic acids is 1. The zero-order valence-electron chi connectivity index (χ0n) is 14.1. The molecule has 1 spiro atoms. The lowest BCUT2D eigenvalue weighted by atomic mass is 9.98. The first kappa shape index (κ1) is 18.2. The third-order valence-corrected chi connectivity index (χ3v) is 4.61. The zero-order valence-corrected chi connectivity index (χ0v) is 14.1. The van der Waals surface area contributed by atoms with Gasteiger partial charge in [-0.3, -0.25) is 14.5 Å². The molecule has 0 aromatic heterocycles. The lowest BCUT2D eigenvalue weighted by Gasteiger charge is -2.20. The fourth-order valence-corrected chi connectivity index (χ4v) is 3.37. The van der Waals surface area contributed by atoms with E-state index in [9.17, 15) is 19.2 Å². The van der Waals surface area contributed by atoms with Gasteiger partial charge in [-0.1, -0.05) is 26.7 Å². The summed E-state index contributed by atoms with van der Waals surface area (Å²) in [5, 5.41) is 14.3. The van der Waals surface area contributed by atoms with Crippen LogP contribution >= 0.6 is 0 Å². The van der Waals surface area contributed by atoms with Crippen LogP contribution in [-0.4, -0.2) is 51.9 Å². The van der Waals surface area contributed by atoms with Gasteiger partial charge in [0.15, 0.2) is 0 Å². The highest BCUT2D eigenvalue weighted by Crippen LogP contribution is 2.34. The fourth-order valence-electron chi connectivity index (χ4n) is 3.37. The minimum absolute atomic E-state index is 0.0354. The SMILES string of the molecule is CC(C)CC(NC(=O)CCN1C(=O)NC2(CCCC2)C1=O)C(=O)O. The van der Waals surface area contributed by atoms with E-state index in [4.69, 9.17) is 5.11 Å². The van der Waals surface area contributed by atoms with Crippen molar-refractivity contribution in [2.75, 3.05) is 6.54 Å². The van der Waals surface area contributed by atoms with E-state index in [0.717, 1.165) is 17.7 Å². The van der Waals surface area contributed by atoms with Crippen molar-refractivity contribution >= 4 is 23.8 Å². The Morgan fingerprint density at radius 2 is 1.92 bits per heavy atom. The molecule has 0 bridgehead atoms. The van der Waals surface area contributed by atoms with Crippen molar-refractivity contribution in [3.05, 3.63) is 0 Å². The Labute approximate surface area is 141 Å². The Kier molecular flexibility index (Phi) is 5.46. The molecule has 2 aliphatic rings. The molecule has 1 saturated heterocycles. The molecule has 4 amide bonds. The van der Waals surface area contributed by atoms with Crippen LogP contribution in [0.25, 0.3) is 0 Å². The maximum absolute atomic E-state index is 12.4. The third-order valence-electron chi connectivity index (χ3n) is 4.61. The maximum Gasteiger partial charge on any atom is 0.326 e. The van der Waals surface area contributed by atoms with Crippen molar-refractivity contribution in [1.82, 2.24) is 15.5 Å². The first-order chi connectivity index (χ1) is 11.2. The monoisotopic (exact) mass is 339 g/mol. The van der Waals surface area contributed by atoms with Gasteiger partial charge in [-0.25, -0.2) is 9.59 Å². The van der Waals surface area contributed by atoms with Gasteiger partial charge in [0.2, 0.25) is 5.91 Å². The van der Waals surface area contributed by atoms with Crippen LogP contribution in [-0.2, 0) is 14.4 Å². The molecular weight excluding hydrogens is 314 g/mol. The largest absolute Gasteiger partial charge is 0.480 e. The molecule has 0 radical (unpaired) electrons. The minimum Gasteiger partial charge on any atom is -0.480 e. The number of carbonyl (C=O) groups excluding carboxylic acids is 3. The average Bonchev–Trinajstić information content (AvgIpc) is 3.03. The second kappa shape index (κ2) is 7.19. The summed E-state index contributed by atoms with van der Waals surface area (Å²) >= 11 is 0. The second-order valence-corrected chi connectivity index (χ2v) is 7.01. The first-order valence-corrected chi connectivity index (χ1v) is 8.41. The fraction of sp³-hybridized carbons (Fsp3) is 0.750. The van der Waals surface area contributed by atoms with E-state index in [2.05, 4.69) is 10.6 Å². The van der Waals surface area contributed by atoms with E-state index in [1.165, 1.54) is 0 Å². The van der Waals surface area contributed by atoms with E-state index in [-0.39, 0.29) is 24.8 Å². The Balaban J connectivity index is 1.88. The van der Waals surface area contributed by atoms with Gasteiger partial charge in [-0.15, -0.1) is 0 Å². The Morgan fingerprint density at radius 1 is 1.29 bits per heavy atom. The highest BCUT2D eigenvalue weighted by molar-refractivity contribution is 6.07. The van der Waals surface area contributed by atoms with E-state index in [1.54, 1.807) is 0 Å². The van der Waals surface area contributed by atoms with Crippen LogP contribution in [0.3, 0.4) is 0 Å². The van der Waals surface area contributed by atoms with Crippen molar-refractivity contribution in [2.45, 2.75) is 64.0 Å². The van der Waals surface area contributed by atoms with Crippen molar-refractivity contribution in [3.63, 3.8) is 0 Å². The van der Waals surface area contributed by atoms with Gasteiger partial charge in [0.1, 0.15) is 11.6 Å². The summed E-state index contributed by atoms with van der Waals surface area (Å²) in [4.78, 5) is 48.7. The molecule has 2 rings (SSSR count). The van der Waals surface area contributed by atoms with Gasteiger partial charge < -0.3 is 15.7 Å². The number of aliphatic carboxylic acids is 1. The van der Waals surface area contributed by atoms with Crippen LogP contribution in [0.4, 0.5) is 4.79 Å². The van der Waals surface area contributed by atoms with Crippen molar-refractivity contribution in [1.29, 1.82) is 0 Å². The minimum atomic E-state index is -1.09. The molecular formula is C16H25N3O5. The Bertz CT molecular complexity index is 540. The van der Waals surface area contributed by atoms with Gasteiger partial charge in [0.25, 0.3) is 5.91 Å². The van der Waals surface area contributed by atoms with Crippen LogP contribution in [0.2, 0.25) is 0 Å². The average molecular weight is 339 g/mol. The highest BCUT2D eigenvalue weighted by Gasteiger charge is 2.52. The number of carboxylic acid groups (broad SMARTS) is 1. The summed E-state index contributed by atoms with van der Waals surface area (Å²) in [7, 11) is 0. The molecule has 0 aromatic rings. The lowest BCUT2D eigenvalue weighted by molar-refractivity contribution is -0.142. The van der Waals surface area contributed by atoms with E-state index in [0.29, 0.717) is 19.3 Å². The second-order valence-electron chi connectivity index (χ2n) is 7.01. The molecule has 134 valence electrons. The van der Waals surface area contributed by atoms with Crippen LogP contribution in [0.15, 0.2) is 0 Å². The molecule has 0 aromatic carbocycles. The molecule has 8 nitrogen and oxygen atoms in total. The molecule has 3 N–H and O–H groups in total. The van der Waals surface area contributed by atoms with E-state index in [1.807, 2.05) is 13.8 Å². The number of amides is 4. The first-order valence-electron chi connectivity index (χ1n) is 8.41. The molecule has 1 unspecified atom stereocenters. The van der Waals surface area contributed by atoms with Crippen molar-refractivity contribution in [2.24, 2.45) is 5.92 Å². The van der Waals surface area contributed by atoms with Gasteiger partial charge in [-0.05, 0) is 25.2 Å². The van der Waals surface area contributed by atoms with Crippen molar-refractivity contribution in [3.8, 4) is 0 Å². The summed E-state index contributed by atoms with van der Waals surface area (Å²) in [5.41, 5.74) is -0.783. The number of imide groups is 1. The van der Waals surface area contributed by atoms with Gasteiger partial charge in [0, 0.05) is 13.0 Å². The van der Waals surface area contributed by atoms with Gasteiger partial charge in [-0.2, -0.15) is 0 Å². The number of urea groups is 1. The summed E-state index contributed by atoms with van der Waals surface area (Å²) in [5.74, 6) is -1.71. The molecule has 1 saturated carbocycles. The summed E-state index contributed by atoms with van der Waals surface area (Å²) in [6.45, 7) is 3.71. The number of rotatable bonds is 7. The smallest absolute Gasteiger partial charge is 0.326 e. The normalized spacial score (nSPS) is 20.5. The van der Waals surface area contributed by atoms with E-state index >= 15 is 0 Å². The molecule has 24 heavy (non-hydrogen) atoms. The number of carbonyl (C=O) groups is 4. The maximum atomic E-state index is 12.4. The molecule has 8 heteroatoms. The van der Waals surface area contributed by atoms with Gasteiger partial charge in [0.05, 0.1) is 0 Å². The molecule has 2 fully saturated rings. The Hall–Kier alpha value is -2.12. The summed E-state index contributed by atoms with van der Waals surface area (Å²) in [6, 6.07) is -1.42. The predicted molar refractivity (Wildman–Crippen MR) is 85.1 cm³/mol. The number of hydrogen-bond donors (Lipinski definition) is 3. The molecule has 1 atom stereocenters. The van der Waals surface area contributed by atoms with Crippen molar-refractivity contribution < 1.29 is 24.3 Å². The Morgan fingerprint density at radius 3 is 2.46 bits per heavy atom. The summed E-state index contributed by atoms with van der Waals surface area (Å²) < 4.78 is 0. The lowest BCUT2D eigenvalue weighted by Crippen LogP contribution is -2.45. The quantitative estimate of drug-likeness (QED) is 0.595. The molecule has 1 aliphatic heterocycles. The molecule has 1 heterocycles. The topological polar surface area (TPSA) is 116 Å².